The highest BCUT2D eigenvalue weighted by Gasteiger charge is 2.18. The van der Waals surface area contributed by atoms with Gasteiger partial charge in [0.25, 0.3) is 6.02 Å². The number of benzene rings is 2. The lowest BCUT2D eigenvalue weighted by molar-refractivity contribution is 0.340. The van der Waals surface area contributed by atoms with Crippen LogP contribution in [0.25, 0.3) is 10.8 Å². The number of hydrogen-bond donors (Lipinski definition) is 0. The molecule has 1 aliphatic rings. The fourth-order valence-electron chi connectivity index (χ4n) is 2.43. The maximum Gasteiger partial charge on any atom is 0.291 e. The van der Waals surface area contributed by atoms with Crippen LogP contribution < -0.4 is 4.90 Å². The summed E-state index contributed by atoms with van der Waals surface area (Å²) in [5.74, 6) is 0. The van der Waals surface area contributed by atoms with E-state index in [1.165, 1.54) is 22.0 Å². The molecule has 3 heteroatoms. The van der Waals surface area contributed by atoms with Gasteiger partial charge in [-0.05, 0) is 17.9 Å². The second kappa shape index (κ2) is 4.33. The molecule has 0 bridgehead atoms. The number of ether oxygens (including phenoxy) is 1. The molecule has 0 N–H and O–H groups in total. The maximum absolute atomic E-state index is 5.55. The number of rotatable bonds is 1. The SMILES string of the molecule is Cc1ccc2ccccc2c1N(C)C1=NCCO1. The quantitative estimate of drug-likeness (QED) is 0.765. The van der Waals surface area contributed by atoms with Crippen molar-refractivity contribution in [2.75, 3.05) is 25.1 Å². The van der Waals surface area contributed by atoms with E-state index in [1.807, 2.05) is 11.9 Å². The number of aliphatic imine (C=N–C) groups is 1. The lowest BCUT2D eigenvalue weighted by Gasteiger charge is -2.22. The second-order valence-electron chi connectivity index (χ2n) is 4.52. The van der Waals surface area contributed by atoms with Gasteiger partial charge in [0.05, 0.1) is 12.2 Å². The molecule has 0 unspecified atom stereocenters. The number of amidine groups is 1. The third-order valence-corrected chi connectivity index (χ3v) is 3.29. The standard InChI is InChI=1S/C15H16N2O/c1-11-7-8-12-5-3-4-6-13(12)14(11)17(2)15-16-9-10-18-15/h3-8H,9-10H2,1-2H3. The van der Waals surface area contributed by atoms with Gasteiger partial charge in [0, 0.05) is 12.4 Å². The largest absolute Gasteiger partial charge is 0.463 e. The molecule has 1 heterocycles. The summed E-state index contributed by atoms with van der Waals surface area (Å²) >= 11 is 0. The zero-order chi connectivity index (χ0) is 12.5. The molecule has 0 spiro atoms. The van der Waals surface area contributed by atoms with Crippen LogP contribution in [0, 0.1) is 6.92 Å². The Balaban J connectivity index is 2.17. The minimum absolute atomic E-state index is 0.684. The van der Waals surface area contributed by atoms with Crippen molar-refractivity contribution >= 4 is 22.5 Å². The van der Waals surface area contributed by atoms with Crippen molar-refractivity contribution < 1.29 is 4.74 Å². The third-order valence-electron chi connectivity index (χ3n) is 3.29. The molecule has 0 saturated heterocycles. The van der Waals surface area contributed by atoms with Crippen molar-refractivity contribution in [3.05, 3.63) is 42.0 Å². The highest BCUT2D eigenvalue weighted by atomic mass is 16.5. The molecular formula is C15H16N2O. The fourth-order valence-corrected chi connectivity index (χ4v) is 2.43. The van der Waals surface area contributed by atoms with E-state index in [9.17, 15) is 0 Å². The molecule has 0 fully saturated rings. The van der Waals surface area contributed by atoms with Gasteiger partial charge >= 0.3 is 0 Å². The predicted molar refractivity (Wildman–Crippen MR) is 75.3 cm³/mol. The van der Waals surface area contributed by atoms with Gasteiger partial charge in [-0.25, -0.2) is 4.99 Å². The Bertz CT molecular complexity index is 619. The fraction of sp³-hybridized carbons (Fsp3) is 0.267. The summed E-state index contributed by atoms with van der Waals surface area (Å²) in [4.78, 5) is 6.43. The molecule has 0 atom stereocenters. The highest BCUT2D eigenvalue weighted by Crippen LogP contribution is 2.30. The summed E-state index contributed by atoms with van der Waals surface area (Å²) < 4.78 is 5.55. The number of hydrogen-bond acceptors (Lipinski definition) is 3. The average molecular weight is 240 g/mol. The molecule has 0 aliphatic carbocycles. The van der Waals surface area contributed by atoms with Gasteiger partial charge < -0.3 is 4.74 Å². The van der Waals surface area contributed by atoms with Gasteiger partial charge in [-0.15, -0.1) is 0 Å². The van der Waals surface area contributed by atoms with Crippen LogP contribution in [0.15, 0.2) is 41.4 Å². The Morgan fingerprint density at radius 2 is 2.00 bits per heavy atom. The molecule has 0 aromatic heterocycles. The first kappa shape index (κ1) is 11.1. The van der Waals surface area contributed by atoms with E-state index in [2.05, 4.69) is 48.3 Å². The first-order chi connectivity index (χ1) is 8.77. The lowest BCUT2D eigenvalue weighted by Crippen LogP contribution is -2.27. The summed E-state index contributed by atoms with van der Waals surface area (Å²) in [5, 5.41) is 2.47. The van der Waals surface area contributed by atoms with Gasteiger partial charge in [0.15, 0.2) is 0 Å². The summed E-state index contributed by atoms with van der Waals surface area (Å²) in [7, 11) is 2.01. The summed E-state index contributed by atoms with van der Waals surface area (Å²) in [6.07, 6.45) is 0. The topological polar surface area (TPSA) is 24.8 Å². The first-order valence-electron chi connectivity index (χ1n) is 6.17. The van der Waals surface area contributed by atoms with Crippen LogP contribution in [0.5, 0.6) is 0 Å². The van der Waals surface area contributed by atoms with Crippen molar-refractivity contribution in [2.24, 2.45) is 4.99 Å². The average Bonchev–Trinajstić information content (AvgIpc) is 2.92. The van der Waals surface area contributed by atoms with E-state index in [0.717, 1.165) is 12.6 Å². The monoisotopic (exact) mass is 240 g/mol. The zero-order valence-corrected chi connectivity index (χ0v) is 10.7. The number of aryl methyl sites for hydroxylation is 1. The molecule has 1 aliphatic heterocycles. The molecule has 2 aromatic rings. The van der Waals surface area contributed by atoms with Gasteiger partial charge in [0.1, 0.15) is 6.61 Å². The van der Waals surface area contributed by atoms with E-state index in [0.29, 0.717) is 6.61 Å². The van der Waals surface area contributed by atoms with Crippen molar-refractivity contribution in [3.63, 3.8) is 0 Å². The maximum atomic E-state index is 5.55. The first-order valence-corrected chi connectivity index (χ1v) is 6.17. The molecule has 2 aromatic carbocycles. The van der Waals surface area contributed by atoms with Crippen LogP contribution in [-0.4, -0.2) is 26.2 Å². The van der Waals surface area contributed by atoms with E-state index in [-0.39, 0.29) is 0 Å². The van der Waals surface area contributed by atoms with E-state index >= 15 is 0 Å². The Labute approximate surface area is 107 Å². The minimum Gasteiger partial charge on any atom is -0.463 e. The van der Waals surface area contributed by atoms with Crippen LogP contribution in [0.1, 0.15) is 5.56 Å². The van der Waals surface area contributed by atoms with Gasteiger partial charge in [-0.1, -0.05) is 36.4 Å². The molecular weight excluding hydrogens is 224 g/mol. The number of nitrogens with zero attached hydrogens (tertiary/aromatic N) is 2. The minimum atomic E-state index is 0.684. The highest BCUT2D eigenvalue weighted by molar-refractivity contribution is 6.04. The van der Waals surface area contributed by atoms with Crippen LogP contribution >= 0.6 is 0 Å². The molecule has 0 amide bonds. The van der Waals surface area contributed by atoms with E-state index < -0.39 is 0 Å². The van der Waals surface area contributed by atoms with Crippen molar-refractivity contribution in [3.8, 4) is 0 Å². The van der Waals surface area contributed by atoms with Crippen molar-refractivity contribution in [1.82, 2.24) is 0 Å². The Hall–Kier alpha value is -2.03. The van der Waals surface area contributed by atoms with Gasteiger partial charge in [0.2, 0.25) is 0 Å². The van der Waals surface area contributed by atoms with Gasteiger partial charge in [-0.2, -0.15) is 0 Å². The van der Waals surface area contributed by atoms with Crippen LogP contribution in [0.2, 0.25) is 0 Å². The van der Waals surface area contributed by atoms with Crippen LogP contribution in [0.4, 0.5) is 5.69 Å². The normalized spacial score (nSPS) is 14.4. The molecule has 0 radical (unpaired) electrons. The smallest absolute Gasteiger partial charge is 0.291 e. The molecule has 92 valence electrons. The van der Waals surface area contributed by atoms with E-state index in [4.69, 9.17) is 4.74 Å². The summed E-state index contributed by atoms with van der Waals surface area (Å²) in [5.41, 5.74) is 2.41. The second-order valence-corrected chi connectivity index (χ2v) is 4.52. The molecule has 3 rings (SSSR count). The molecule has 18 heavy (non-hydrogen) atoms. The Kier molecular flexibility index (Phi) is 2.67. The zero-order valence-electron chi connectivity index (χ0n) is 10.7. The predicted octanol–water partition coefficient (Wildman–Crippen LogP) is 2.97. The molecule has 3 nitrogen and oxygen atoms in total. The van der Waals surface area contributed by atoms with Gasteiger partial charge in [-0.3, -0.25) is 4.90 Å². The summed E-state index contributed by atoms with van der Waals surface area (Å²) in [6.45, 7) is 3.56. The Morgan fingerprint density at radius 1 is 1.17 bits per heavy atom. The number of fused-ring (bicyclic) bond motifs is 1. The van der Waals surface area contributed by atoms with Crippen molar-refractivity contribution in [1.29, 1.82) is 0 Å². The third kappa shape index (κ3) is 1.72. The van der Waals surface area contributed by atoms with Crippen molar-refractivity contribution in [2.45, 2.75) is 6.92 Å². The van der Waals surface area contributed by atoms with Crippen LogP contribution in [0.3, 0.4) is 0 Å². The Morgan fingerprint density at radius 3 is 2.78 bits per heavy atom. The van der Waals surface area contributed by atoms with Crippen LogP contribution in [-0.2, 0) is 4.74 Å². The summed E-state index contributed by atoms with van der Waals surface area (Å²) in [6, 6.07) is 13.4. The van der Waals surface area contributed by atoms with E-state index in [1.54, 1.807) is 0 Å². The number of anilines is 1. The lowest BCUT2D eigenvalue weighted by atomic mass is 10.0. The molecule has 0 saturated carbocycles.